The van der Waals surface area contributed by atoms with Crippen LogP contribution in [0.15, 0.2) is 55.4 Å². The highest BCUT2D eigenvalue weighted by molar-refractivity contribution is 5.80. The van der Waals surface area contributed by atoms with Crippen LogP contribution in [0.25, 0.3) is 18.2 Å². The lowest BCUT2D eigenvalue weighted by Crippen LogP contribution is -2.26. The van der Waals surface area contributed by atoms with Gasteiger partial charge in [-0.1, -0.05) is 49.6 Å². The standard InChI is InChI=1S/C19H19N/c1-5-8-16-10-11-19(15(4)14(16)3)18(6-2)17-9-7-12-20-13-17/h5-13H,1,3H2,2,4H3/b16-8-,18-6-. The molecular weight excluding hydrogens is 242 g/mol. The van der Waals surface area contributed by atoms with Crippen LogP contribution in [0.4, 0.5) is 0 Å². The molecule has 0 amide bonds. The van der Waals surface area contributed by atoms with Gasteiger partial charge in [-0.3, -0.25) is 4.98 Å². The van der Waals surface area contributed by atoms with Gasteiger partial charge in [-0.2, -0.15) is 0 Å². The highest BCUT2D eigenvalue weighted by atomic mass is 14.6. The third kappa shape index (κ3) is 2.62. The third-order valence-corrected chi connectivity index (χ3v) is 3.48. The zero-order valence-electron chi connectivity index (χ0n) is 12.1. The number of aromatic nitrogens is 1. The summed E-state index contributed by atoms with van der Waals surface area (Å²) >= 11 is 0. The van der Waals surface area contributed by atoms with E-state index in [0.717, 1.165) is 16.0 Å². The molecule has 0 aliphatic rings. The molecule has 0 bridgehead atoms. The molecule has 0 aliphatic carbocycles. The average molecular weight is 261 g/mol. The number of hydrogen-bond acceptors (Lipinski definition) is 1. The van der Waals surface area contributed by atoms with E-state index in [-0.39, 0.29) is 0 Å². The lowest BCUT2D eigenvalue weighted by atomic mass is 9.93. The van der Waals surface area contributed by atoms with Crippen LogP contribution in [0.3, 0.4) is 0 Å². The highest BCUT2D eigenvalue weighted by Gasteiger charge is 2.07. The largest absolute Gasteiger partial charge is 0.264 e. The van der Waals surface area contributed by atoms with E-state index in [1.54, 1.807) is 12.3 Å². The van der Waals surface area contributed by atoms with E-state index in [0.29, 0.717) is 0 Å². The van der Waals surface area contributed by atoms with Crippen LogP contribution in [-0.4, -0.2) is 4.98 Å². The van der Waals surface area contributed by atoms with Gasteiger partial charge in [0.1, 0.15) is 0 Å². The summed E-state index contributed by atoms with van der Waals surface area (Å²) in [7, 11) is 0. The maximum Gasteiger partial charge on any atom is 0.0346 e. The topological polar surface area (TPSA) is 12.9 Å². The number of allylic oxidation sites excluding steroid dienone is 2. The Morgan fingerprint density at radius 3 is 2.65 bits per heavy atom. The summed E-state index contributed by atoms with van der Waals surface area (Å²) in [6.45, 7) is 12.1. The smallest absolute Gasteiger partial charge is 0.0346 e. The number of benzene rings is 1. The Morgan fingerprint density at radius 1 is 1.25 bits per heavy atom. The van der Waals surface area contributed by atoms with Gasteiger partial charge in [0, 0.05) is 18.0 Å². The van der Waals surface area contributed by atoms with Crippen molar-refractivity contribution in [2.45, 2.75) is 13.8 Å². The van der Waals surface area contributed by atoms with E-state index in [2.05, 4.69) is 49.3 Å². The molecule has 0 spiro atoms. The minimum Gasteiger partial charge on any atom is -0.264 e. The Labute approximate surface area is 120 Å². The first-order valence-corrected chi connectivity index (χ1v) is 6.67. The first kappa shape index (κ1) is 14.0. The zero-order chi connectivity index (χ0) is 14.5. The lowest BCUT2D eigenvalue weighted by Gasteiger charge is -2.11. The molecule has 1 heterocycles. The Morgan fingerprint density at radius 2 is 2.05 bits per heavy atom. The fraction of sp³-hybridized carbons (Fsp3) is 0.105. The van der Waals surface area contributed by atoms with Gasteiger partial charge < -0.3 is 0 Å². The molecule has 1 aromatic heterocycles. The molecule has 100 valence electrons. The molecular formula is C19H19N. The van der Waals surface area contributed by atoms with Gasteiger partial charge in [-0.25, -0.2) is 0 Å². The van der Waals surface area contributed by atoms with Crippen molar-refractivity contribution in [2.24, 2.45) is 0 Å². The van der Waals surface area contributed by atoms with Crippen molar-refractivity contribution < 1.29 is 0 Å². The molecule has 0 fully saturated rings. The zero-order valence-corrected chi connectivity index (χ0v) is 12.1. The van der Waals surface area contributed by atoms with Crippen LogP contribution in [0.2, 0.25) is 0 Å². The van der Waals surface area contributed by atoms with Crippen LogP contribution >= 0.6 is 0 Å². The van der Waals surface area contributed by atoms with E-state index in [4.69, 9.17) is 0 Å². The fourth-order valence-electron chi connectivity index (χ4n) is 2.35. The summed E-state index contributed by atoms with van der Waals surface area (Å²) in [5.41, 5.74) is 4.70. The predicted octanol–water partition coefficient (Wildman–Crippen LogP) is 3.22. The maximum atomic E-state index is 4.20. The highest BCUT2D eigenvalue weighted by Crippen LogP contribution is 2.23. The molecule has 20 heavy (non-hydrogen) atoms. The van der Waals surface area contributed by atoms with E-state index in [1.165, 1.54) is 16.7 Å². The minimum atomic E-state index is 1.05. The number of pyridine rings is 1. The first-order chi connectivity index (χ1) is 9.69. The fourth-order valence-corrected chi connectivity index (χ4v) is 2.35. The van der Waals surface area contributed by atoms with Crippen LogP contribution in [-0.2, 0) is 0 Å². The van der Waals surface area contributed by atoms with Crippen LogP contribution in [0, 0.1) is 6.92 Å². The van der Waals surface area contributed by atoms with E-state index < -0.39 is 0 Å². The van der Waals surface area contributed by atoms with Gasteiger partial charge >= 0.3 is 0 Å². The van der Waals surface area contributed by atoms with Crippen molar-refractivity contribution in [3.05, 3.63) is 82.5 Å². The van der Waals surface area contributed by atoms with Gasteiger partial charge in [-0.05, 0) is 47.1 Å². The van der Waals surface area contributed by atoms with Crippen LogP contribution < -0.4 is 10.4 Å². The molecule has 1 heteroatoms. The predicted molar refractivity (Wildman–Crippen MR) is 87.6 cm³/mol. The summed E-state index contributed by atoms with van der Waals surface area (Å²) in [4.78, 5) is 4.20. The Bertz CT molecular complexity index is 752. The van der Waals surface area contributed by atoms with Gasteiger partial charge in [0.2, 0.25) is 0 Å². The van der Waals surface area contributed by atoms with Gasteiger partial charge in [-0.15, -0.1) is 0 Å². The van der Waals surface area contributed by atoms with Crippen molar-refractivity contribution in [2.75, 3.05) is 0 Å². The maximum absolute atomic E-state index is 4.20. The molecule has 1 nitrogen and oxygen atoms in total. The van der Waals surface area contributed by atoms with Crippen molar-refractivity contribution in [1.82, 2.24) is 4.98 Å². The summed E-state index contributed by atoms with van der Waals surface area (Å²) in [6, 6.07) is 8.27. The quantitative estimate of drug-likeness (QED) is 0.826. The molecule has 0 aliphatic heterocycles. The van der Waals surface area contributed by atoms with Gasteiger partial charge in [0.05, 0.1) is 0 Å². The Hall–Kier alpha value is -2.41. The van der Waals surface area contributed by atoms with Crippen molar-refractivity contribution in [3.63, 3.8) is 0 Å². The van der Waals surface area contributed by atoms with Crippen molar-refractivity contribution >= 4 is 18.2 Å². The Balaban J connectivity index is 2.65. The molecule has 0 N–H and O–H groups in total. The molecule has 0 saturated carbocycles. The monoisotopic (exact) mass is 261 g/mol. The van der Waals surface area contributed by atoms with Crippen molar-refractivity contribution in [1.29, 1.82) is 0 Å². The second-order valence-corrected chi connectivity index (χ2v) is 4.65. The SMILES string of the molecule is C=C/C=c1/ccc(/C(=C\C)c2cccnc2)c(C)c1=C. The van der Waals surface area contributed by atoms with Crippen LogP contribution in [0.5, 0.6) is 0 Å². The molecule has 2 aromatic rings. The second-order valence-electron chi connectivity index (χ2n) is 4.65. The third-order valence-electron chi connectivity index (χ3n) is 3.48. The summed E-state index contributed by atoms with van der Waals surface area (Å²) < 4.78 is 0. The summed E-state index contributed by atoms with van der Waals surface area (Å²) in [5, 5.41) is 2.16. The molecule has 0 saturated heterocycles. The number of hydrogen-bond donors (Lipinski definition) is 0. The number of nitrogens with zero attached hydrogens (tertiary/aromatic N) is 1. The minimum absolute atomic E-state index is 1.05. The first-order valence-electron chi connectivity index (χ1n) is 6.67. The van der Waals surface area contributed by atoms with Crippen LogP contribution in [0.1, 0.15) is 23.6 Å². The van der Waals surface area contributed by atoms with Gasteiger partial charge in [0.15, 0.2) is 0 Å². The second kappa shape index (κ2) is 6.16. The van der Waals surface area contributed by atoms with E-state index in [9.17, 15) is 0 Å². The summed E-state index contributed by atoms with van der Waals surface area (Å²) in [5.74, 6) is 0. The number of rotatable bonds is 3. The van der Waals surface area contributed by atoms with Crippen molar-refractivity contribution in [3.8, 4) is 0 Å². The molecule has 2 rings (SSSR count). The molecule has 0 radical (unpaired) electrons. The molecule has 1 aromatic carbocycles. The normalized spacial score (nSPS) is 12.5. The molecule has 0 unspecified atom stereocenters. The van der Waals surface area contributed by atoms with E-state index >= 15 is 0 Å². The Kier molecular flexibility index (Phi) is 4.31. The lowest BCUT2D eigenvalue weighted by molar-refractivity contribution is 1.29. The summed E-state index contributed by atoms with van der Waals surface area (Å²) in [6.07, 6.45) is 9.58. The molecule has 0 atom stereocenters. The van der Waals surface area contributed by atoms with E-state index in [1.807, 2.05) is 25.3 Å². The average Bonchev–Trinajstić information content (AvgIpc) is 2.48. The van der Waals surface area contributed by atoms with Gasteiger partial charge in [0.25, 0.3) is 0 Å².